The summed E-state index contributed by atoms with van der Waals surface area (Å²) in [6.45, 7) is 5.35. The number of carbonyl (C=O) groups excluding carboxylic acids is 4. The minimum atomic E-state index is -0.971. The SMILES string of the molecule is CC(C)OC(=O)OCOC(=O)C1C(CSc2ccc(F)c(Cl)c2)CC2C(C(=O)OCOC(=O)OC(C)C)C21. The number of hydrogen-bond donors (Lipinski definition) is 0. The van der Waals surface area contributed by atoms with E-state index in [-0.39, 0.29) is 28.9 Å². The fourth-order valence-corrected chi connectivity index (χ4v) is 5.90. The molecule has 2 fully saturated rings. The molecule has 0 bridgehead atoms. The molecular weight excluding hydrogens is 547 g/mol. The van der Waals surface area contributed by atoms with Gasteiger partial charge in [0.2, 0.25) is 13.6 Å². The molecular formula is C25H30ClFO10S. The first-order valence-corrected chi connectivity index (χ1v) is 13.4. The molecule has 38 heavy (non-hydrogen) atoms. The second-order valence-electron chi connectivity index (χ2n) is 9.46. The van der Waals surface area contributed by atoms with Crippen LogP contribution in [0, 0.1) is 35.4 Å². The maximum Gasteiger partial charge on any atom is 0.511 e. The van der Waals surface area contributed by atoms with Crippen LogP contribution in [0.1, 0.15) is 34.1 Å². The highest BCUT2D eigenvalue weighted by Gasteiger charge is 2.67. The van der Waals surface area contributed by atoms with Crippen LogP contribution in [0.4, 0.5) is 14.0 Å². The van der Waals surface area contributed by atoms with Crippen molar-refractivity contribution >= 4 is 47.6 Å². The zero-order valence-electron chi connectivity index (χ0n) is 21.3. The number of fused-ring (bicyclic) bond motifs is 1. The number of rotatable bonds is 11. The summed E-state index contributed by atoms with van der Waals surface area (Å²) in [6, 6.07) is 4.36. The smallest absolute Gasteiger partial charge is 0.431 e. The molecule has 13 heteroatoms. The van der Waals surface area contributed by atoms with E-state index in [0.29, 0.717) is 12.2 Å². The maximum atomic E-state index is 13.5. The Balaban J connectivity index is 1.58. The van der Waals surface area contributed by atoms with E-state index in [1.54, 1.807) is 33.8 Å². The van der Waals surface area contributed by atoms with Crippen molar-refractivity contribution in [2.24, 2.45) is 29.6 Å². The van der Waals surface area contributed by atoms with Crippen molar-refractivity contribution in [3.8, 4) is 0 Å². The Bertz CT molecular complexity index is 1040. The lowest BCUT2D eigenvalue weighted by Crippen LogP contribution is -2.30. The summed E-state index contributed by atoms with van der Waals surface area (Å²) < 4.78 is 42.9. The lowest BCUT2D eigenvalue weighted by Gasteiger charge is -2.22. The average molecular weight is 577 g/mol. The van der Waals surface area contributed by atoms with Gasteiger partial charge in [0.25, 0.3) is 0 Å². The Kier molecular flexibility index (Phi) is 10.5. The molecule has 5 atom stereocenters. The van der Waals surface area contributed by atoms with Crippen molar-refractivity contribution in [1.29, 1.82) is 0 Å². The van der Waals surface area contributed by atoms with Crippen LogP contribution in [-0.4, -0.2) is 55.8 Å². The van der Waals surface area contributed by atoms with Crippen LogP contribution < -0.4 is 0 Å². The van der Waals surface area contributed by atoms with Gasteiger partial charge in [-0.2, -0.15) is 0 Å². The largest absolute Gasteiger partial charge is 0.511 e. The topological polar surface area (TPSA) is 124 Å². The van der Waals surface area contributed by atoms with Gasteiger partial charge in [-0.25, -0.2) is 14.0 Å². The summed E-state index contributed by atoms with van der Waals surface area (Å²) in [4.78, 5) is 49.4. The van der Waals surface area contributed by atoms with Gasteiger partial charge < -0.3 is 28.4 Å². The van der Waals surface area contributed by atoms with Crippen LogP contribution in [-0.2, 0) is 38.0 Å². The predicted octanol–water partition coefficient (Wildman–Crippen LogP) is 5.19. The molecule has 2 aliphatic carbocycles. The number of ether oxygens (including phenoxy) is 6. The van der Waals surface area contributed by atoms with E-state index >= 15 is 0 Å². The Hall–Kier alpha value is -2.73. The van der Waals surface area contributed by atoms with Crippen LogP contribution in [0.15, 0.2) is 23.1 Å². The minimum Gasteiger partial charge on any atom is -0.431 e. The second-order valence-corrected chi connectivity index (χ2v) is 11.0. The van der Waals surface area contributed by atoms with E-state index in [9.17, 15) is 23.6 Å². The molecule has 3 rings (SSSR count). The second kappa shape index (κ2) is 13.4. The van der Waals surface area contributed by atoms with Gasteiger partial charge in [0.05, 0.1) is 29.1 Å². The van der Waals surface area contributed by atoms with Crippen LogP contribution >= 0.6 is 23.4 Å². The number of carbonyl (C=O) groups is 4. The molecule has 5 unspecified atom stereocenters. The summed E-state index contributed by atoms with van der Waals surface area (Å²) in [5.74, 6) is -3.14. The minimum absolute atomic E-state index is 0.00651. The third-order valence-electron chi connectivity index (χ3n) is 6.05. The monoisotopic (exact) mass is 576 g/mol. The number of hydrogen-bond acceptors (Lipinski definition) is 11. The summed E-state index contributed by atoms with van der Waals surface area (Å²) in [7, 11) is 0. The highest BCUT2D eigenvalue weighted by atomic mass is 35.5. The van der Waals surface area contributed by atoms with Gasteiger partial charge in [-0.1, -0.05) is 11.6 Å². The quantitative estimate of drug-likeness (QED) is 0.149. The Morgan fingerprint density at radius 1 is 0.921 bits per heavy atom. The summed E-state index contributed by atoms with van der Waals surface area (Å²) in [6.07, 6.45) is -2.17. The fraction of sp³-hybridized carbons (Fsp3) is 0.600. The third kappa shape index (κ3) is 8.13. The van der Waals surface area contributed by atoms with Crippen molar-refractivity contribution in [3.05, 3.63) is 29.0 Å². The summed E-state index contributed by atoms with van der Waals surface area (Å²) >= 11 is 7.27. The van der Waals surface area contributed by atoms with Gasteiger partial charge in [-0.05, 0) is 70.1 Å². The van der Waals surface area contributed by atoms with E-state index in [1.165, 1.54) is 23.9 Å². The van der Waals surface area contributed by atoms with Gasteiger partial charge in [-0.15, -0.1) is 11.8 Å². The van der Waals surface area contributed by atoms with Crippen molar-refractivity contribution in [2.45, 2.75) is 51.2 Å². The van der Waals surface area contributed by atoms with Gasteiger partial charge in [0.15, 0.2) is 0 Å². The van der Waals surface area contributed by atoms with Crippen LogP contribution in [0.2, 0.25) is 5.02 Å². The molecule has 10 nitrogen and oxygen atoms in total. The highest BCUT2D eigenvalue weighted by molar-refractivity contribution is 7.99. The molecule has 0 spiro atoms. The maximum absolute atomic E-state index is 13.5. The molecule has 0 heterocycles. The lowest BCUT2D eigenvalue weighted by molar-refractivity contribution is -0.161. The van der Waals surface area contributed by atoms with E-state index in [2.05, 4.69) is 0 Å². The van der Waals surface area contributed by atoms with Gasteiger partial charge in [0.1, 0.15) is 5.82 Å². The Morgan fingerprint density at radius 3 is 2.00 bits per heavy atom. The third-order valence-corrected chi connectivity index (χ3v) is 7.52. The molecule has 210 valence electrons. The number of esters is 2. The standard InChI is InChI=1S/C25H30ClFO10S/c1-12(2)36-24(30)34-10-32-22(28)19-14(9-38-15-5-6-18(27)17(26)8-15)7-16-20(19)21(16)23(29)33-11-35-25(31)37-13(3)4/h5-6,8,12-14,16,19-21H,7,9-11H2,1-4H3. The fourth-order valence-electron chi connectivity index (χ4n) is 4.54. The lowest BCUT2D eigenvalue weighted by atomic mass is 9.90. The normalized spacial score (nSPS) is 23.4. The van der Waals surface area contributed by atoms with Crippen molar-refractivity contribution in [1.82, 2.24) is 0 Å². The molecule has 0 saturated heterocycles. The Morgan fingerprint density at radius 2 is 1.47 bits per heavy atom. The molecule has 1 aromatic carbocycles. The number of halogens is 2. The van der Waals surface area contributed by atoms with Gasteiger partial charge >= 0.3 is 24.2 Å². The van der Waals surface area contributed by atoms with Crippen LogP contribution in [0.25, 0.3) is 0 Å². The molecule has 0 aromatic heterocycles. The molecule has 0 amide bonds. The average Bonchev–Trinajstić information content (AvgIpc) is 3.39. The molecule has 0 aliphatic heterocycles. The first-order chi connectivity index (χ1) is 18.0. The van der Waals surface area contributed by atoms with Crippen molar-refractivity contribution < 1.29 is 52.0 Å². The van der Waals surface area contributed by atoms with E-state index in [4.69, 9.17) is 40.0 Å². The van der Waals surface area contributed by atoms with Crippen LogP contribution in [0.3, 0.4) is 0 Å². The number of benzene rings is 1. The summed E-state index contributed by atoms with van der Waals surface area (Å²) in [5, 5.41) is -0.00651. The van der Waals surface area contributed by atoms with Gasteiger partial charge in [0, 0.05) is 10.6 Å². The van der Waals surface area contributed by atoms with Crippen molar-refractivity contribution in [2.75, 3.05) is 19.3 Å². The van der Waals surface area contributed by atoms with Crippen LogP contribution in [0.5, 0.6) is 0 Å². The zero-order chi connectivity index (χ0) is 28.0. The Labute approximate surface area is 228 Å². The molecule has 1 aromatic rings. The van der Waals surface area contributed by atoms with E-state index in [1.807, 2.05) is 0 Å². The van der Waals surface area contributed by atoms with E-state index < -0.39 is 61.6 Å². The predicted molar refractivity (Wildman–Crippen MR) is 132 cm³/mol. The summed E-state index contributed by atoms with van der Waals surface area (Å²) in [5.41, 5.74) is 0. The molecule has 2 aliphatic rings. The molecule has 0 radical (unpaired) electrons. The first kappa shape index (κ1) is 29.8. The molecule has 2 saturated carbocycles. The zero-order valence-corrected chi connectivity index (χ0v) is 22.9. The van der Waals surface area contributed by atoms with Gasteiger partial charge in [-0.3, -0.25) is 9.59 Å². The first-order valence-electron chi connectivity index (χ1n) is 12.1. The highest BCUT2D eigenvalue weighted by Crippen LogP contribution is 2.64. The van der Waals surface area contributed by atoms with E-state index in [0.717, 1.165) is 4.90 Å². The van der Waals surface area contributed by atoms with Crippen molar-refractivity contribution in [3.63, 3.8) is 0 Å². The molecule has 0 N–H and O–H groups in total. The number of thioether (sulfide) groups is 1.